The summed E-state index contributed by atoms with van der Waals surface area (Å²) in [4.78, 5) is 0. The molecule has 0 radical (unpaired) electrons. The molecule has 2 N–H and O–H groups in total. The van der Waals surface area contributed by atoms with Crippen molar-refractivity contribution in [3.05, 3.63) is 0 Å². The van der Waals surface area contributed by atoms with Crippen molar-refractivity contribution >= 4 is 0 Å². The van der Waals surface area contributed by atoms with Gasteiger partial charge in [0.1, 0.15) is 0 Å². The van der Waals surface area contributed by atoms with E-state index in [0.717, 1.165) is 13.0 Å². The molecule has 1 rings (SSSR count). The minimum Gasteiger partial charge on any atom is -0.396 e. The minimum absolute atomic E-state index is 0.352. The monoisotopic (exact) mass is 227 g/mol. The fourth-order valence-electron chi connectivity index (χ4n) is 2.99. The van der Waals surface area contributed by atoms with Crippen LogP contribution < -0.4 is 5.32 Å². The zero-order valence-corrected chi connectivity index (χ0v) is 11.1. The Kier molecular flexibility index (Phi) is 6.37. The minimum atomic E-state index is 0.352. The van der Waals surface area contributed by atoms with Gasteiger partial charge in [-0.25, -0.2) is 0 Å². The Hall–Kier alpha value is -0.0800. The molecule has 0 saturated heterocycles. The van der Waals surface area contributed by atoms with Crippen LogP contribution in [0.15, 0.2) is 0 Å². The van der Waals surface area contributed by atoms with E-state index in [2.05, 4.69) is 19.2 Å². The molecule has 0 heterocycles. The van der Waals surface area contributed by atoms with Gasteiger partial charge in [-0.3, -0.25) is 0 Å². The first-order chi connectivity index (χ1) is 7.76. The van der Waals surface area contributed by atoms with E-state index in [9.17, 15) is 5.11 Å². The van der Waals surface area contributed by atoms with E-state index in [1.807, 2.05) is 0 Å². The van der Waals surface area contributed by atoms with Gasteiger partial charge in [0.05, 0.1) is 0 Å². The third-order valence-electron chi connectivity index (χ3n) is 4.31. The average molecular weight is 227 g/mol. The molecule has 0 unspecified atom stereocenters. The zero-order valence-electron chi connectivity index (χ0n) is 11.1. The van der Waals surface area contributed by atoms with Crippen LogP contribution in [0.3, 0.4) is 0 Å². The molecule has 0 aliphatic heterocycles. The molecule has 1 aliphatic carbocycles. The van der Waals surface area contributed by atoms with Crippen molar-refractivity contribution < 1.29 is 5.11 Å². The van der Waals surface area contributed by atoms with E-state index >= 15 is 0 Å². The quantitative estimate of drug-likeness (QED) is 0.700. The van der Waals surface area contributed by atoms with Gasteiger partial charge in [0, 0.05) is 19.2 Å². The van der Waals surface area contributed by atoms with Gasteiger partial charge in [0.25, 0.3) is 0 Å². The molecule has 1 aliphatic rings. The standard InChI is InChI=1S/C14H29NO/c1-3-13(4-2)15-12-14(10-11-16)8-6-5-7-9-14/h13,15-16H,3-12H2,1-2H3. The van der Waals surface area contributed by atoms with Gasteiger partial charge in [0.15, 0.2) is 0 Å². The summed E-state index contributed by atoms with van der Waals surface area (Å²) in [5.74, 6) is 0. The lowest BCUT2D eigenvalue weighted by atomic mass is 9.72. The summed E-state index contributed by atoms with van der Waals surface area (Å²) in [5, 5.41) is 12.9. The largest absolute Gasteiger partial charge is 0.396 e. The van der Waals surface area contributed by atoms with Crippen LogP contribution in [0.4, 0.5) is 0 Å². The molecule has 0 aromatic heterocycles. The highest BCUT2D eigenvalue weighted by Crippen LogP contribution is 2.38. The van der Waals surface area contributed by atoms with Gasteiger partial charge in [-0.15, -0.1) is 0 Å². The first kappa shape index (κ1) is 14.0. The molecule has 1 fully saturated rings. The Labute approximate surface area is 101 Å². The molecule has 96 valence electrons. The molecule has 2 nitrogen and oxygen atoms in total. The smallest absolute Gasteiger partial charge is 0.0436 e. The molecule has 16 heavy (non-hydrogen) atoms. The zero-order chi connectivity index (χ0) is 11.9. The molecule has 1 saturated carbocycles. The lowest BCUT2D eigenvalue weighted by molar-refractivity contribution is 0.122. The van der Waals surface area contributed by atoms with Crippen LogP contribution in [0, 0.1) is 5.41 Å². The second kappa shape index (κ2) is 7.29. The number of aliphatic hydroxyl groups is 1. The summed E-state index contributed by atoms with van der Waals surface area (Å²) in [6.07, 6.45) is 10.1. The fraction of sp³-hybridized carbons (Fsp3) is 1.00. The Balaban J connectivity index is 2.43. The molecule has 0 amide bonds. The van der Waals surface area contributed by atoms with E-state index in [0.29, 0.717) is 18.1 Å². The van der Waals surface area contributed by atoms with Gasteiger partial charge < -0.3 is 10.4 Å². The van der Waals surface area contributed by atoms with Crippen molar-refractivity contribution in [2.75, 3.05) is 13.2 Å². The first-order valence-electron chi connectivity index (χ1n) is 7.10. The van der Waals surface area contributed by atoms with Gasteiger partial charge >= 0.3 is 0 Å². The second-order valence-electron chi connectivity index (χ2n) is 5.43. The van der Waals surface area contributed by atoms with Gasteiger partial charge in [0.2, 0.25) is 0 Å². The summed E-state index contributed by atoms with van der Waals surface area (Å²) >= 11 is 0. The first-order valence-corrected chi connectivity index (χ1v) is 7.10. The van der Waals surface area contributed by atoms with Crippen molar-refractivity contribution in [1.82, 2.24) is 5.32 Å². The van der Waals surface area contributed by atoms with Crippen molar-refractivity contribution in [1.29, 1.82) is 0 Å². The summed E-state index contributed by atoms with van der Waals surface area (Å²) in [7, 11) is 0. The number of nitrogens with one attached hydrogen (secondary N) is 1. The molecule has 0 aromatic carbocycles. The molecule has 0 spiro atoms. The maximum absolute atomic E-state index is 9.24. The van der Waals surface area contributed by atoms with Crippen LogP contribution >= 0.6 is 0 Å². The topological polar surface area (TPSA) is 32.3 Å². The third kappa shape index (κ3) is 4.06. The highest BCUT2D eigenvalue weighted by Gasteiger charge is 2.31. The molecule has 0 aromatic rings. The van der Waals surface area contributed by atoms with Crippen LogP contribution in [-0.4, -0.2) is 24.3 Å². The molecule has 0 bridgehead atoms. The SMILES string of the molecule is CCC(CC)NCC1(CCO)CCCCC1. The maximum atomic E-state index is 9.24. The average Bonchev–Trinajstić information content (AvgIpc) is 2.32. The van der Waals surface area contributed by atoms with Crippen molar-refractivity contribution in [2.45, 2.75) is 71.3 Å². The Morgan fingerprint density at radius 1 is 1.12 bits per heavy atom. The van der Waals surface area contributed by atoms with Crippen LogP contribution in [0.25, 0.3) is 0 Å². The maximum Gasteiger partial charge on any atom is 0.0436 e. The van der Waals surface area contributed by atoms with E-state index < -0.39 is 0 Å². The van der Waals surface area contributed by atoms with Gasteiger partial charge in [-0.2, -0.15) is 0 Å². The molecule has 0 atom stereocenters. The molecular weight excluding hydrogens is 198 g/mol. The van der Waals surface area contributed by atoms with E-state index in [1.165, 1.54) is 44.9 Å². The van der Waals surface area contributed by atoms with Crippen molar-refractivity contribution in [3.63, 3.8) is 0 Å². The number of hydrogen-bond donors (Lipinski definition) is 2. The van der Waals surface area contributed by atoms with E-state index in [-0.39, 0.29) is 0 Å². The molecular formula is C14H29NO. The Bertz CT molecular complexity index is 166. The molecule has 2 heteroatoms. The van der Waals surface area contributed by atoms with Crippen LogP contribution in [-0.2, 0) is 0 Å². The summed E-state index contributed by atoms with van der Waals surface area (Å²) < 4.78 is 0. The summed E-state index contributed by atoms with van der Waals surface area (Å²) in [6.45, 7) is 5.96. The van der Waals surface area contributed by atoms with Crippen molar-refractivity contribution in [2.24, 2.45) is 5.41 Å². The van der Waals surface area contributed by atoms with Crippen LogP contribution in [0.5, 0.6) is 0 Å². The summed E-state index contributed by atoms with van der Waals surface area (Å²) in [5.41, 5.74) is 0.398. The second-order valence-corrected chi connectivity index (χ2v) is 5.43. The van der Waals surface area contributed by atoms with E-state index in [4.69, 9.17) is 0 Å². The Morgan fingerprint density at radius 3 is 2.25 bits per heavy atom. The highest BCUT2D eigenvalue weighted by atomic mass is 16.3. The summed E-state index contributed by atoms with van der Waals surface area (Å²) in [6, 6.07) is 0.664. The lowest BCUT2D eigenvalue weighted by Crippen LogP contribution is -2.41. The van der Waals surface area contributed by atoms with Gasteiger partial charge in [-0.1, -0.05) is 33.1 Å². The normalized spacial score (nSPS) is 20.2. The highest BCUT2D eigenvalue weighted by molar-refractivity contribution is 4.85. The van der Waals surface area contributed by atoms with Crippen LogP contribution in [0.2, 0.25) is 0 Å². The Morgan fingerprint density at radius 2 is 1.75 bits per heavy atom. The number of aliphatic hydroxyl groups excluding tert-OH is 1. The van der Waals surface area contributed by atoms with Crippen LogP contribution in [0.1, 0.15) is 65.2 Å². The predicted molar refractivity (Wildman–Crippen MR) is 69.6 cm³/mol. The van der Waals surface area contributed by atoms with E-state index in [1.54, 1.807) is 0 Å². The van der Waals surface area contributed by atoms with Crippen molar-refractivity contribution in [3.8, 4) is 0 Å². The predicted octanol–water partition coefficient (Wildman–Crippen LogP) is 3.10. The lowest BCUT2D eigenvalue weighted by Gasteiger charge is -2.38. The number of rotatable bonds is 7. The van der Waals surface area contributed by atoms with Gasteiger partial charge in [-0.05, 0) is 37.5 Å². The fourth-order valence-corrected chi connectivity index (χ4v) is 2.99. The number of hydrogen-bond acceptors (Lipinski definition) is 2. The third-order valence-corrected chi connectivity index (χ3v) is 4.31.